The summed E-state index contributed by atoms with van der Waals surface area (Å²) >= 11 is 1.95. The lowest BCUT2D eigenvalue weighted by Gasteiger charge is -2.12. The number of rotatable bonds is 4. The van der Waals surface area contributed by atoms with Gasteiger partial charge in [-0.15, -0.1) is 11.8 Å². The molecule has 100 valence electrons. The van der Waals surface area contributed by atoms with Crippen LogP contribution in [0.5, 0.6) is 0 Å². The lowest BCUT2D eigenvalue weighted by molar-refractivity contribution is 0.621. The number of nitriles is 1. The van der Waals surface area contributed by atoms with Crippen LogP contribution in [0.25, 0.3) is 0 Å². The van der Waals surface area contributed by atoms with Gasteiger partial charge in [-0.3, -0.25) is 0 Å². The van der Waals surface area contributed by atoms with Crippen LogP contribution in [0.1, 0.15) is 22.6 Å². The summed E-state index contributed by atoms with van der Waals surface area (Å²) in [5, 5.41) is 12.4. The first-order valence-corrected chi connectivity index (χ1v) is 7.77. The average molecular weight is 280 g/mol. The van der Waals surface area contributed by atoms with Gasteiger partial charge in [-0.2, -0.15) is 5.26 Å². The van der Waals surface area contributed by atoms with E-state index in [1.165, 1.54) is 16.0 Å². The number of thioether (sulfide) groups is 1. The molecule has 1 unspecified atom stereocenters. The van der Waals surface area contributed by atoms with Crippen LogP contribution in [-0.2, 0) is 6.54 Å². The van der Waals surface area contributed by atoms with Crippen LogP contribution in [0.15, 0.2) is 53.4 Å². The molecule has 2 aromatic rings. The summed E-state index contributed by atoms with van der Waals surface area (Å²) in [7, 11) is 0. The van der Waals surface area contributed by atoms with Gasteiger partial charge in [0.15, 0.2) is 0 Å². The predicted octanol–water partition coefficient (Wildman–Crippen LogP) is 3.54. The van der Waals surface area contributed by atoms with Crippen LogP contribution in [0.3, 0.4) is 0 Å². The van der Waals surface area contributed by atoms with Gasteiger partial charge in [-0.05, 0) is 29.3 Å². The molecule has 20 heavy (non-hydrogen) atoms. The van der Waals surface area contributed by atoms with Crippen LogP contribution >= 0.6 is 11.8 Å². The average Bonchev–Trinajstić information content (AvgIpc) is 2.91. The molecule has 1 aliphatic rings. The highest BCUT2D eigenvalue weighted by Gasteiger charge is 2.21. The lowest BCUT2D eigenvalue weighted by atomic mass is 10.0. The van der Waals surface area contributed by atoms with E-state index in [-0.39, 0.29) is 0 Å². The zero-order valence-corrected chi connectivity index (χ0v) is 12.0. The molecule has 1 aliphatic heterocycles. The summed E-state index contributed by atoms with van der Waals surface area (Å²) in [6.45, 7) is 1.81. The van der Waals surface area contributed by atoms with E-state index in [9.17, 15) is 0 Å². The van der Waals surface area contributed by atoms with Gasteiger partial charge in [0.05, 0.1) is 11.6 Å². The first kappa shape index (κ1) is 13.2. The number of fused-ring (bicyclic) bond motifs is 1. The van der Waals surface area contributed by atoms with Crippen molar-refractivity contribution in [2.24, 2.45) is 0 Å². The second kappa shape index (κ2) is 6.13. The second-order valence-corrected chi connectivity index (χ2v) is 6.05. The highest BCUT2D eigenvalue weighted by Crippen LogP contribution is 2.38. The first-order chi connectivity index (χ1) is 9.86. The van der Waals surface area contributed by atoms with E-state index in [0.717, 1.165) is 24.4 Å². The molecule has 1 heterocycles. The van der Waals surface area contributed by atoms with Crippen LogP contribution < -0.4 is 5.32 Å². The monoisotopic (exact) mass is 280 g/mol. The minimum absolute atomic E-state index is 0.593. The Morgan fingerprint density at radius 2 is 2.10 bits per heavy atom. The third-order valence-corrected chi connectivity index (χ3v) is 4.83. The fourth-order valence-electron chi connectivity index (χ4n) is 2.54. The molecule has 0 radical (unpaired) electrons. The van der Waals surface area contributed by atoms with Gasteiger partial charge in [0.2, 0.25) is 0 Å². The van der Waals surface area contributed by atoms with Crippen LogP contribution in [0, 0.1) is 11.3 Å². The summed E-state index contributed by atoms with van der Waals surface area (Å²) in [5.74, 6) is 1.75. The fraction of sp³-hybridized carbons (Fsp3) is 0.235. The summed E-state index contributed by atoms with van der Waals surface area (Å²) in [6, 6.07) is 18.6. The minimum Gasteiger partial charge on any atom is -0.312 e. The van der Waals surface area contributed by atoms with Gasteiger partial charge in [-0.1, -0.05) is 30.3 Å². The molecule has 1 atom stereocenters. The fourth-order valence-corrected chi connectivity index (χ4v) is 3.79. The Morgan fingerprint density at radius 3 is 3.00 bits per heavy atom. The van der Waals surface area contributed by atoms with Crippen molar-refractivity contribution in [1.29, 1.82) is 5.26 Å². The Labute approximate surface area is 123 Å². The topological polar surface area (TPSA) is 35.8 Å². The number of nitrogens with zero attached hydrogens (tertiary/aromatic N) is 1. The molecular formula is C17H16N2S. The molecule has 0 aromatic heterocycles. The minimum atomic E-state index is 0.593. The highest BCUT2D eigenvalue weighted by atomic mass is 32.2. The number of hydrogen-bond acceptors (Lipinski definition) is 3. The van der Waals surface area contributed by atoms with Crippen molar-refractivity contribution in [1.82, 2.24) is 5.32 Å². The zero-order valence-electron chi connectivity index (χ0n) is 11.2. The van der Waals surface area contributed by atoms with E-state index in [0.29, 0.717) is 5.92 Å². The normalized spacial score (nSPS) is 16.6. The molecule has 0 aliphatic carbocycles. The molecule has 0 amide bonds. The molecule has 0 bridgehead atoms. The molecule has 2 aromatic carbocycles. The standard InChI is InChI=1S/C17H16N2S/c18-9-13-4-3-5-14(8-13)10-19-11-15-12-20-17-7-2-1-6-16(15)17/h1-8,15,19H,10-12H2. The van der Waals surface area contributed by atoms with Crippen molar-refractivity contribution >= 4 is 11.8 Å². The molecule has 0 spiro atoms. The number of benzene rings is 2. The van der Waals surface area contributed by atoms with Gasteiger partial charge in [0, 0.05) is 29.7 Å². The number of nitrogens with one attached hydrogen (secondary N) is 1. The van der Waals surface area contributed by atoms with Crippen molar-refractivity contribution in [3.8, 4) is 6.07 Å². The van der Waals surface area contributed by atoms with Crippen LogP contribution in [-0.4, -0.2) is 12.3 Å². The van der Waals surface area contributed by atoms with Crippen molar-refractivity contribution < 1.29 is 0 Å². The van der Waals surface area contributed by atoms with Crippen molar-refractivity contribution in [3.05, 3.63) is 65.2 Å². The zero-order chi connectivity index (χ0) is 13.8. The molecule has 3 heteroatoms. The SMILES string of the molecule is N#Cc1cccc(CNCC2CSc3ccccc32)c1. The summed E-state index contributed by atoms with van der Waals surface area (Å²) in [4.78, 5) is 1.42. The summed E-state index contributed by atoms with van der Waals surface area (Å²) < 4.78 is 0. The lowest BCUT2D eigenvalue weighted by Crippen LogP contribution is -2.21. The second-order valence-electron chi connectivity index (χ2n) is 4.99. The Kier molecular flexibility index (Phi) is 4.05. The molecule has 3 rings (SSSR count). The Morgan fingerprint density at radius 1 is 1.20 bits per heavy atom. The maximum atomic E-state index is 8.90. The molecule has 2 nitrogen and oxygen atoms in total. The molecule has 0 saturated heterocycles. The van der Waals surface area contributed by atoms with Gasteiger partial charge >= 0.3 is 0 Å². The van der Waals surface area contributed by atoms with Gasteiger partial charge in [0.25, 0.3) is 0 Å². The van der Waals surface area contributed by atoms with Crippen LogP contribution in [0.2, 0.25) is 0 Å². The molecule has 1 N–H and O–H groups in total. The Hall–Kier alpha value is -1.76. The Bertz CT molecular complexity index is 645. The third-order valence-electron chi connectivity index (χ3n) is 3.57. The maximum Gasteiger partial charge on any atom is 0.0991 e. The third kappa shape index (κ3) is 2.87. The van der Waals surface area contributed by atoms with Gasteiger partial charge < -0.3 is 5.32 Å². The van der Waals surface area contributed by atoms with E-state index in [4.69, 9.17) is 5.26 Å². The molecular weight excluding hydrogens is 264 g/mol. The molecule has 0 fully saturated rings. The number of hydrogen-bond donors (Lipinski definition) is 1. The first-order valence-electron chi connectivity index (χ1n) is 6.78. The summed E-state index contributed by atoms with van der Waals surface area (Å²) in [6.07, 6.45) is 0. The van der Waals surface area contributed by atoms with E-state index >= 15 is 0 Å². The largest absolute Gasteiger partial charge is 0.312 e. The quantitative estimate of drug-likeness (QED) is 0.930. The van der Waals surface area contributed by atoms with Crippen molar-refractivity contribution in [2.45, 2.75) is 17.4 Å². The maximum absolute atomic E-state index is 8.90. The Balaban J connectivity index is 1.57. The van der Waals surface area contributed by atoms with E-state index in [2.05, 4.69) is 41.7 Å². The molecule has 0 saturated carbocycles. The van der Waals surface area contributed by atoms with E-state index in [1.54, 1.807) is 0 Å². The predicted molar refractivity (Wildman–Crippen MR) is 82.8 cm³/mol. The smallest absolute Gasteiger partial charge is 0.0991 e. The van der Waals surface area contributed by atoms with Crippen molar-refractivity contribution in [2.75, 3.05) is 12.3 Å². The highest BCUT2D eigenvalue weighted by molar-refractivity contribution is 7.99. The van der Waals surface area contributed by atoms with Crippen LogP contribution in [0.4, 0.5) is 0 Å². The summed E-state index contributed by atoms with van der Waals surface area (Å²) in [5.41, 5.74) is 3.37. The van der Waals surface area contributed by atoms with Gasteiger partial charge in [-0.25, -0.2) is 0 Å². The van der Waals surface area contributed by atoms with E-state index < -0.39 is 0 Å². The van der Waals surface area contributed by atoms with Crippen molar-refractivity contribution in [3.63, 3.8) is 0 Å². The van der Waals surface area contributed by atoms with Gasteiger partial charge in [0.1, 0.15) is 0 Å². The van der Waals surface area contributed by atoms with E-state index in [1.807, 2.05) is 30.0 Å².